The van der Waals surface area contributed by atoms with Gasteiger partial charge in [-0.3, -0.25) is 4.79 Å². The molecule has 4 nitrogen and oxygen atoms in total. The van der Waals surface area contributed by atoms with Gasteiger partial charge >= 0.3 is 0 Å². The van der Waals surface area contributed by atoms with Crippen LogP contribution < -0.4 is 5.73 Å². The number of primary amides is 1. The number of carbonyl (C=O) groups is 1. The lowest BCUT2D eigenvalue weighted by molar-refractivity contribution is 0.0999. The highest BCUT2D eigenvalue weighted by molar-refractivity contribution is 7.98. The second-order valence-corrected chi connectivity index (χ2v) is 7.78. The van der Waals surface area contributed by atoms with E-state index in [-0.39, 0.29) is 0 Å². The second-order valence-electron chi connectivity index (χ2n) is 5.94. The molecule has 0 unspecified atom stereocenters. The van der Waals surface area contributed by atoms with Crippen LogP contribution in [0, 0.1) is 13.8 Å². The van der Waals surface area contributed by atoms with Crippen molar-refractivity contribution >= 4 is 29.0 Å². The molecule has 0 aliphatic heterocycles. The standard InChI is InChI=1S/C19H21N3OS2/c1-12-4-6-14(7-5-12)19-21-16(11-25-19)17-10-15(18(20)23)13(2)22(17)8-9-24-3/h4-7,10-11H,8-9H2,1-3H3,(H2,20,23). The van der Waals surface area contributed by atoms with Crippen LogP contribution in [0.2, 0.25) is 0 Å². The van der Waals surface area contributed by atoms with Crippen molar-refractivity contribution in [3.05, 3.63) is 52.5 Å². The lowest BCUT2D eigenvalue weighted by Gasteiger charge is -2.09. The van der Waals surface area contributed by atoms with Crippen LogP contribution in [0.25, 0.3) is 22.0 Å². The lowest BCUT2D eigenvalue weighted by Crippen LogP contribution is -2.13. The number of hydrogen-bond acceptors (Lipinski definition) is 4. The minimum absolute atomic E-state index is 0.393. The molecular weight excluding hydrogens is 350 g/mol. The summed E-state index contributed by atoms with van der Waals surface area (Å²) >= 11 is 3.39. The first kappa shape index (κ1) is 17.8. The van der Waals surface area contributed by atoms with Gasteiger partial charge < -0.3 is 10.3 Å². The molecule has 1 amide bonds. The molecule has 1 aromatic carbocycles. The predicted octanol–water partition coefficient (Wildman–Crippen LogP) is 4.36. The Morgan fingerprint density at radius 1 is 1.28 bits per heavy atom. The summed E-state index contributed by atoms with van der Waals surface area (Å²) in [6.07, 6.45) is 2.08. The molecule has 0 radical (unpaired) electrons. The third kappa shape index (κ3) is 3.65. The number of rotatable bonds is 6. The average molecular weight is 372 g/mol. The molecule has 130 valence electrons. The fourth-order valence-corrected chi connectivity index (χ4v) is 3.98. The lowest BCUT2D eigenvalue weighted by atomic mass is 10.2. The highest BCUT2D eigenvalue weighted by Gasteiger charge is 2.18. The van der Waals surface area contributed by atoms with E-state index in [9.17, 15) is 4.79 Å². The predicted molar refractivity (Wildman–Crippen MR) is 107 cm³/mol. The third-order valence-corrected chi connectivity index (χ3v) is 5.70. The maximum Gasteiger partial charge on any atom is 0.250 e. The second kappa shape index (κ2) is 7.45. The van der Waals surface area contributed by atoms with Crippen molar-refractivity contribution in [1.29, 1.82) is 0 Å². The van der Waals surface area contributed by atoms with Gasteiger partial charge in [-0.25, -0.2) is 4.98 Å². The smallest absolute Gasteiger partial charge is 0.250 e. The SMILES string of the molecule is CSCCn1c(-c2csc(-c3ccc(C)cc3)n2)cc(C(N)=O)c1C. The number of amides is 1. The fourth-order valence-electron chi connectivity index (χ4n) is 2.80. The van der Waals surface area contributed by atoms with E-state index >= 15 is 0 Å². The summed E-state index contributed by atoms with van der Waals surface area (Å²) < 4.78 is 2.14. The maximum atomic E-state index is 11.7. The number of thioether (sulfide) groups is 1. The van der Waals surface area contributed by atoms with Crippen LogP contribution in [0.4, 0.5) is 0 Å². The van der Waals surface area contributed by atoms with Crippen LogP contribution >= 0.6 is 23.1 Å². The number of thiazole rings is 1. The molecule has 0 spiro atoms. The van der Waals surface area contributed by atoms with Gasteiger partial charge in [0.1, 0.15) is 5.01 Å². The third-order valence-electron chi connectivity index (χ3n) is 4.22. The van der Waals surface area contributed by atoms with Crippen molar-refractivity contribution in [2.45, 2.75) is 20.4 Å². The van der Waals surface area contributed by atoms with Crippen molar-refractivity contribution in [3.63, 3.8) is 0 Å². The zero-order chi connectivity index (χ0) is 18.0. The molecule has 0 fully saturated rings. The Morgan fingerprint density at radius 2 is 2.00 bits per heavy atom. The molecule has 25 heavy (non-hydrogen) atoms. The molecule has 3 rings (SSSR count). The van der Waals surface area contributed by atoms with Crippen molar-refractivity contribution in [3.8, 4) is 22.0 Å². The molecule has 2 heterocycles. The Kier molecular flexibility index (Phi) is 5.30. The highest BCUT2D eigenvalue weighted by atomic mass is 32.2. The van der Waals surface area contributed by atoms with E-state index in [4.69, 9.17) is 10.7 Å². The largest absolute Gasteiger partial charge is 0.366 e. The minimum atomic E-state index is -0.393. The average Bonchev–Trinajstić information content (AvgIpc) is 3.18. The van der Waals surface area contributed by atoms with Gasteiger partial charge in [-0.2, -0.15) is 11.8 Å². The van der Waals surface area contributed by atoms with E-state index in [0.717, 1.165) is 40.0 Å². The van der Waals surface area contributed by atoms with E-state index in [1.165, 1.54) is 5.56 Å². The Hall–Kier alpha value is -2.05. The number of carbonyl (C=O) groups excluding carboxylic acids is 1. The number of aromatic nitrogens is 2. The van der Waals surface area contributed by atoms with Crippen LogP contribution in [0.3, 0.4) is 0 Å². The van der Waals surface area contributed by atoms with Gasteiger partial charge in [-0.05, 0) is 26.2 Å². The van der Waals surface area contributed by atoms with Gasteiger partial charge in [0, 0.05) is 28.9 Å². The number of benzene rings is 1. The first-order valence-electron chi connectivity index (χ1n) is 8.03. The van der Waals surface area contributed by atoms with Gasteiger partial charge in [-0.1, -0.05) is 29.8 Å². The van der Waals surface area contributed by atoms with Crippen molar-refractivity contribution in [2.24, 2.45) is 5.73 Å². The molecule has 3 aromatic rings. The number of nitrogens with zero attached hydrogens (tertiary/aromatic N) is 2. The van der Waals surface area contributed by atoms with E-state index < -0.39 is 5.91 Å². The number of aryl methyl sites for hydroxylation is 1. The van der Waals surface area contributed by atoms with Crippen LogP contribution in [0.1, 0.15) is 21.6 Å². The highest BCUT2D eigenvalue weighted by Crippen LogP contribution is 2.31. The molecular formula is C19H21N3OS2. The summed E-state index contributed by atoms with van der Waals surface area (Å²) in [7, 11) is 0. The summed E-state index contributed by atoms with van der Waals surface area (Å²) in [6.45, 7) is 4.84. The molecule has 0 aliphatic carbocycles. The van der Waals surface area contributed by atoms with Crippen LogP contribution in [0.15, 0.2) is 35.7 Å². The molecule has 6 heteroatoms. The van der Waals surface area contributed by atoms with Crippen LogP contribution in [-0.2, 0) is 6.54 Å². The Balaban J connectivity index is 2.02. The summed E-state index contributed by atoms with van der Waals surface area (Å²) in [4.78, 5) is 16.5. The minimum Gasteiger partial charge on any atom is -0.366 e. The molecule has 2 aromatic heterocycles. The van der Waals surface area contributed by atoms with Crippen LogP contribution in [-0.4, -0.2) is 27.5 Å². The molecule has 0 bridgehead atoms. The Morgan fingerprint density at radius 3 is 2.64 bits per heavy atom. The van der Waals surface area contributed by atoms with E-state index in [2.05, 4.69) is 42.0 Å². The van der Waals surface area contributed by atoms with Gasteiger partial charge in [0.25, 0.3) is 5.91 Å². The Labute approximate surface area is 156 Å². The molecule has 0 atom stereocenters. The van der Waals surface area contributed by atoms with E-state index in [0.29, 0.717) is 5.56 Å². The first-order valence-corrected chi connectivity index (χ1v) is 10.3. The van der Waals surface area contributed by atoms with Crippen molar-refractivity contribution < 1.29 is 4.79 Å². The van der Waals surface area contributed by atoms with Gasteiger partial charge in [0.2, 0.25) is 0 Å². The van der Waals surface area contributed by atoms with E-state index in [1.807, 2.05) is 18.4 Å². The van der Waals surface area contributed by atoms with Gasteiger partial charge in [0.15, 0.2) is 0 Å². The fraction of sp³-hybridized carbons (Fsp3) is 0.263. The number of hydrogen-bond donors (Lipinski definition) is 1. The molecule has 0 saturated carbocycles. The summed E-state index contributed by atoms with van der Waals surface area (Å²) in [6, 6.07) is 10.2. The normalized spacial score (nSPS) is 11.0. The topological polar surface area (TPSA) is 60.9 Å². The summed E-state index contributed by atoms with van der Waals surface area (Å²) in [5.41, 5.74) is 11.2. The van der Waals surface area contributed by atoms with Gasteiger partial charge in [-0.15, -0.1) is 11.3 Å². The first-order chi connectivity index (χ1) is 12.0. The quantitative estimate of drug-likeness (QED) is 0.700. The van der Waals surface area contributed by atoms with Crippen LogP contribution in [0.5, 0.6) is 0 Å². The van der Waals surface area contributed by atoms with Crippen molar-refractivity contribution in [2.75, 3.05) is 12.0 Å². The molecule has 2 N–H and O–H groups in total. The zero-order valence-electron chi connectivity index (χ0n) is 14.6. The van der Waals surface area contributed by atoms with Crippen molar-refractivity contribution in [1.82, 2.24) is 9.55 Å². The summed E-state index contributed by atoms with van der Waals surface area (Å²) in [5.74, 6) is 0.575. The molecule has 0 aliphatic rings. The van der Waals surface area contributed by atoms with Gasteiger partial charge in [0.05, 0.1) is 17.0 Å². The van der Waals surface area contributed by atoms with E-state index in [1.54, 1.807) is 23.1 Å². The number of nitrogens with two attached hydrogens (primary N) is 1. The maximum absolute atomic E-state index is 11.7. The Bertz CT molecular complexity index is 894. The molecule has 0 saturated heterocycles. The monoisotopic (exact) mass is 371 g/mol. The summed E-state index contributed by atoms with van der Waals surface area (Å²) in [5, 5.41) is 3.02. The zero-order valence-corrected chi connectivity index (χ0v) is 16.2.